The molecule has 0 heterocycles. The molecule has 0 amide bonds. The van der Waals surface area contributed by atoms with Crippen molar-refractivity contribution in [3.8, 4) is 5.75 Å². The summed E-state index contributed by atoms with van der Waals surface area (Å²) in [4.78, 5) is 12.4. The SMILES string of the molecule is Cc1ccccc1C(=O)Pc1ccc(OCCC(C)C)cc1Cl.[H-].[Li+]. The van der Waals surface area contributed by atoms with Gasteiger partial charge in [0.25, 0.3) is 0 Å². The molecule has 24 heavy (non-hydrogen) atoms. The van der Waals surface area contributed by atoms with E-state index in [1.807, 2.05) is 43.3 Å². The van der Waals surface area contributed by atoms with Crippen LogP contribution in [0.5, 0.6) is 5.75 Å². The van der Waals surface area contributed by atoms with Crippen LogP contribution in [0.4, 0.5) is 0 Å². The fourth-order valence-electron chi connectivity index (χ4n) is 2.12. The number of hydrogen-bond acceptors (Lipinski definition) is 2. The molecule has 2 nitrogen and oxygen atoms in total. The first-order chi connectivity index (χ1) is 11.0. The molecule has 0 aliphatic heterocycles. The molecule has 0 radical (unpaired) electrons. The monoisotopic (exact) mass is 356 g/mol. The van der Waals surface area contributed by atoms with E-state index >= 15 is 0 Å². The number of aryl methyl sites for hydroxylation is 1. The standard InChI is InChI=1S/C19H22ClO2P.Li.H/c1-13(2)10-11-22-15-8-9-18(17(20)12-15)23-19(21)16-7-5-4-6-14(16)3;;/h4-9,12-13,23H,10-11H2,1-3H3;;/q;+1;-1. The Morgan fingerprint density at radius 3 is 2.58 bits per heavy atom. The topological polar surface area (TPSA) is 26.3 Å². The Hall–Kier alpha value is -0.773. The van der Waals surface area contributed by atoms with Gasteiger partial charge in [-0.1, -0.05) is 49.7 Å². The third kappa shape index (κ3) is 6.27. The summed E-state index contributed by atoms with van der Waals surface area (Å²) >= 11 is 6.32. The number of carbonyl (C=O) groups is 1. The normalized spacial score (nSPS) is 10.9. The Labute approximate surface area is 164 Å². The Morgan fingerprint density at radius 2 is 1.96 bits per heavy atom. The van der Waals surface area contributed by atoms with Gasteiger partial charge in [0, 0.05) is 5.56 Å². The Balaban J connectivity index is 0.00000288. The molecule has 0 bridgehead atoms. The summed E-state index contributed by atoms with van der Waals surface area (Å²) in [6, 6.07) is 13.2. The summed E-state index contributed by atoms with van der Waals surface area (Å²) < 4.78 is 5.70. The van der Waals surface area contributed by atoms with Crippen molar-refractivity contribution in [2.24, 2.45) is 5.92 Å². The van der Waals surface area contributed by atoms with Gasteiger partial charge in [0.05, 0.1) is 11.6 Å². The molecule has 0 saturated carbocycles. The van der Waals surface area contributed by atoms with E-state index in [0.29, 0.717) is 17.5 Å². The molecular formula is C19H23ClLiO2P. The van der Waals surface area contributed by atoms with E-state index in [1.54, 1.807) is 6.07 Å². The van der Waals surface area contributed by atoms with Crippen LogP contribution in [0.15, 0.2) is 42.5 Å². The summed E-state index contributed by atoms with van der Waals surface area (Å²) in [5.74, 6) is 1.37. The van der Waals surface area contributed by atoms with Crippen molar-refractivity contribution in [2.45, 2.75) is 27.2 Å². The summed E-state index contributed by atoms with van der Waals surface area (Å²) in [6.07, 6.45) is 1.01. The zero-order valence-corrected chi connectivity index (χ0v) is 16.5. The molecule has 0 fully saturated rings. The van der Waals surface area contributed by atoms with E-state index in [1.165, 1.54) is 0 Å². The van der Waals surface area contributed by atoms with Gasteiger partial charge in [-0.25, -0.2) is 0 Å². The van der Waals surface area contributed by atoms with Crippen LogP contribution >= 0.6 is 20.2 Å². The van der Waals surface area contributed by atoms with Crippen LogP contribution in [-0.2, 0) is 0 Å². The van der Waals surface area contributed by atoms with Crippen LogP contribution in [0, 0.1) is 12.8 Å². The first-order valence-corrected chi connectivity index (χ1v) is 9.14. The maximum atomic E-state index is 12.4. The van der Waals surface area contributed by atoms with Gasteiger partial charge in [0.1, 0.15) is 5.75 Å². The van der Waals surface area contributed by atoms with Gasteiger partial charge in [0.15, 0.2) is 5.52 Å². The number of carbonyl (C=O) groups excluding carboxylic acids is 1. The van der Waals surface area contributed by atoms with Gasteiger partial charge in [-0.15, -0.1) is 0 Å². The molecule has 0 N–H and O–H groups in total. The molecule has 1 unspecified atom stereocenters. The van der Waals surface area contributed by atoms with Gasteiger partial charge < -0.3 is 6.16 Å². The summed E-state index contributed by atoms with van der Waals surface area (Å²) in [6.45, 7) is 6.96. The maximum absolute atomic E-state index is 12.4. The minimum absolute atomic E-state index is 0. The van der Waals surface area contributed by atoms with E-state index in [-0.39, 0.29) is 34.4 Å². The van der Waals surface area contributed by atoms with Crippen molar-refractivity contribution in [1.82, 2.24) is 0 Å². The van der Waals surface area contributed by atoms with Crippen molar-refractivity contribution in [2.75, 3.05) is 6.61 Å². The second kappa shape index (κ2) is 10.3. The number of hydrogen-bond donors (Lipinski definition) is 0. The zero-order chi connectivity index (χ0) is 16.8. The molecule has 1 atom stereocenters. The van der Waals surface area contributed by atoms with Crippen molar-refractivity contribution in [1.29, 1.82) is 0 Å². The largest absolute Gasteiger partial charge is 1.00 e. The van der Waals surface area contributed by atoms with E-state index < -0.39 is 0 Å². The van der Waals surface area contributed by atoms with Gasteiger partial charge in [-0.2, -0.15) is 0 Å². The molecule has 0 spiro atoms. The fraction of sp³-hybridized carbons (Fsp3) is 0.316. The van der Waals surface area contributed by atoms with Crippen LogP contribution in [0.3, 0.4) is 0 Å². The van der Waals surface area contributed by atoms with Gasteiger partial charge >= 0.3 is 18.9 Å². The van der Waals surface area contributed by atoms with Gasteiger partial charge in [0.2, 0.25) is 0 Å². The molecule has 124 valence electrons. The number of rotatable bonds is 7. The quantitative estimate of drug-likeness (QED) is 0.562. The zero-order valence-electron chi connectivity index (χ0n) is 15.7. The number of halogens is 1. The van der Waals surface area contributed by atoms with Crippen LogP contribution in [0.25, 0.3) is 0 Å². The molecule has 5 heteroatoms. The third-order valence-corrected chi connectivity index (χ3v) is 5.22. The molecule has 2 aromatic carbocycles. The minimum atomic E-state index is 0. The van der Waals surface area contributed by atoms with Crippen molar-refractivity contribution in [3.63, 3.8) is 0 Å². The van der Waals surface area contributed by atoms with E-state index in [2.05, 4.69) is 13.8 Å². The second-order valence-electron chi connectivity index (χ2n) is 5.94. The van der Waals surface area contributed by atoms with Crippen LogP contribution in [-0.4, -0.2) is 12.1 Å². The predicted molar refractivity (Wildman–Crippen MR) is 101 cm³/mol. The molecule has 2 rings (SSSR count). The van der Waals surface area contributed by atoms with Gasteiger partial charge in [-0.3, -0.25) is 4.79 Å². The Morgan fingerprint density at radius 1 is 1.25 bits per heavy atom. The smallest absolute Gasteiger partial charge is 1.00 e. The van der Waals surface area contributed by atoms with Gasteiger partial charge in [-0.05, 0) is 56.9 Å². The van der Waals surface area contributed by atoms with Crippen molar-refractivity contribution < 1.29 is 29.8 Å². The van der Waals surface area contributed by atoms with Crippen molar-refractivity contribution >= 4 is 31.0 Å². The first-order valence-electron chi connectivity index (χ1n) is 7.76. The minimum Gasteiger partial charge on any atom is -1.00 e. The molecule has 2 aromatic rings. The fourth-order valence-corrected chi connectivity index (χ4v) is 3.45. The number of benzene rings is 2. The first kappa shape index (κ1) is 21.3. The summed E-state index contributed by atoms with van der Waals surface area (Å²) in [5.41, 5.74) is 1.87. The molecule has 0 aliphatic rings. The van der Waals surface area contributed by atoms with E-state index in [9.17, 15) is 4.79 Å². The van der Waals surface area contributed by atoms with Crippen molar-refractivity contribution in [3.05, 3.63) is 58.6 Å². The average molecular weight is 357 g/mol. The molecule has 0 aliphatic carbocycles. The average Bonchev–Trinajstić information content (AvgIpc) is 2.50. The van der Waals surface area contributed by atoms with E-state index in [0.717, 1.165) is 28.6 Å². The predicted octanol–water partition coefficient (Wildman–Crippen LogP) is 2.33. The number of ether oxygens (including phenoxy) is 1. The maximum Gasteiger partial charge on any atom is 1.00 e. The Bertz CT molecular complexity index is 695. The third-order valence-electron chi connectivity index (χ3n) is 3.54. The summed E-state index contributed by atoms with van der Waals surface area (Å²) in [7, 11) is 0.0192. The van der Waals surface area contributed by atoms with E-state index in [4.69, 9.17) is 16.3 Å². The molecule has 0 saturated heterocycles. The molecular weight excluding hydrogens is 334 g/mol. The van der Waals surface area contributed by atoms with Crippen LogP contribution < -0.4 is 28.9 Å². The summed E-state index contributed by atoms with van der Waals surface area (Å²) in [5, 5.41) is 1.45. The Kier molecular flexibility index (Phi) is 9.10. The second-order valence-corrected chi connectivity index (χ2v) is 7.59. The van der Waals surface area contributed by atoms with Crippen LogP contribution in [0.1, 0.15) is 37.6 Å². The van der Waals surface area contributed by atoms with Crippen LogP contribution in [0.2, 0.25) is 5.02 Å². The molecule has 0 aromatic heterocycles.